The Kier molecular flexibility index (Phi) is 5.12. The van der Waals surface area contributed by atoms with Gasteiger partial charge in [-0.05, 0) is 42.1 Å². The normalized spacial score (nSPS) is 10.4. The number of nitrogen functional groups attached to an aromatic ring is 1. The highest BCUT2D eigenvalue weighted by molar-refractivity contribution is 7.09. The van der Waals surface area contributed by atoms with Crippen LogP contribution < -0.4 is 20.5 Å². The summed E-state index contributed by atoms with van der Waals surface area (Å²) in [7, 11) is 1.62. The minimum atomic E-state index is 0.328. The molecular formula is C17H18N4O2S. The first-order chi connectivity index (χ1) is 11.8. The molecule has 3 N–H and O–H groups in total. The molecule has 2 heterocycles. The standard InChI is InChI=1S/C17H18N4O2S/c1-22-12-4-6-13(7-5-12)23-17-15(18)16(20-11-21-17)19-9-8-14-3-2-10-24-14/h2-7,10-11H,8-9,18H2,1H3,(H,19,20,21). The zero-order valence-corrected chi connectivity index (χ0v) is 14.0. The first kappa shape index (κ1) is 16.1. The van der Waals surface area contributed by atoms with Crippen molar-refractivity contribution in [3.05, 3.63) is 53.0 Å². The minimum Gasteiger partial charge on any atom is -0.497 e. The molecular weight excluding hydrogens is 324 g/mol. The third-order valence-corrected chi connectivity index (χ3v) is 4.30. The van der Waals surface area contributed by atoms with Crippen molar-refractivity contribution >= 4 is 22.8 Å². The number of anilines is 2. The summed E-state index contributed by atoms with van der Waals surface area (Å²) in [6.07, 6.45) is 2.35. The first-order valence-corrected chi connectivity index (χ1v) is 8.33. The fourth-order valence-corrected chi connectivity index (χ4v) is 2.82. The first-order valence-electron chi connectivity index (χ1n) is 7.45. The van der Waals surface area contributed by atoms with Crippen molar-refractivity contribution in [2.24, 2.45) is 0 Å². The van der Waals surface area contributed by atoms with E-state index in [4.69, 9.17) is 15.2 Å². The monoisotopic (exact) mass is 342 g/mol. The smallest absolute Gasteiger partial charge is 0.248 e. The summed E-state index contributed by atoms with van der Waals surface area (Å²) < 4.78 is 10.9. The predicted molar refractivity (Wildman–Crippen MR) is 96.0 cm³/mol. The van der Waals surface area contributed by atoms with Crippen molar-refractivity contribution in [3.8, 4) is 17.4 Å². The third kappa shape index (κ3) is 3.94. The average Bonchev–Trinajstić information content (AvgIpc) is 3.12. The van der Waals surface area contributed by atoms with Crippen LogP contribution in [0.2, 0.25) is 0 Å². The van der Waals surface area contributed by atoms with Gasteiger partial charge in [0.1, 0.15) is 23.5 Å². The highest BCUT2D eigenvalue weighted by Crippen LogP contribution is 2.30. The van der Waals surface area contributed by atoms with E-state index >= 15 is 0 Å². The lowest BCUT2D eigenvalue weighted by Crippen LogP contribution is -2.09. The molecule has 0 spiro atoms. The number of thiophene rings is 1. The quantitative estimate of drug-likeness (QED) is 0.683. The number of nitrogens with zero attached hydrogens (tertiary/aromatic N) is 2. The Morgan fingerprint density at radius 1 is 1.12 bits per heavy atom. The van der Waals surface area contributed by atoms with Crippen molar-refractivity contribution in [1.82, 2.24) is 9.97 Å². The van der Waals surface area contributed by atoms with Gasteiger partial charge in [-0.15, -0.1) is 11.3 Å². The predicted octanol–water partition coefficient (Wildman–Crippen LogP) is 3.58. The van der Waals surface area contributed by atoms with Crippen LogP contribution >= 0.6 is 11.3 Å². The van der Waals surface area contributed by atoms with E-state index in [0.717, 1.165) is 18.7 Å². The highest BCUT2D eigenvalue weighted by Gasteiger charge is 2.10. The maximum absolute atomic E-state index is 6.11. The molecule has 0 aliphatic carbocycles. The summed E-state index contributed by atoms with van der Waals surface area (Å²) in [5.74, 6) is 2.29. The molecule has 7 heteroatoms. The Bertz CT molecular complexity index is 776. The maximum atomic E-state index is 6.11. The number of nitrogens with one attached hydrogen (secondary N) is 1. The van der Waals surface area contributed by atoms with E-state index in [1.165, 1.54) is 11.2 Å². The van der Waals surface area contributed by atoms with Crippen LogP contribution in [-0.2, 0) is 6.42 Å². The van der Waals surface area contributed by atoms with Gasteiger partial charge < -0.3 is 20.5 Å². The molecule has 3 aromatic rings. The van der Waals surface area contributed by atoms with Crippen LogP contribution in [0.15, 0.2) is 48.1 Å². The number of aromatic nitrogens is 2. The molecule has 24 heavy (non-hydrogen) atoms. The summed E-state index contributed by atoms with van der Waals surface area (Å²) in [6.45, 7) is 0.740. The average molecular weight is 342 g/mol. The van der Waals surface area contributed by atoms with Crippen LogP contribution in [0.4, 0.5) is 11.5 Å². The van der Waals surface area contributed by atoms with Crippen molar-refractivity contribution in [2.45, 2.75) is 6.42 Å². The van der Waals surface area contributed by atoms with Crippen molar-refractivity contribution in [2.75, 3.05) is 24.7 Å². The minimum absolute atomic E-state index is 0.328. The van der Waals surface area contributed by atoms with Gasteiger partial charge in [-0.2, -0.15) is 4.98 Å². The van der Waals surface area contributed by atoms with Gasteiger partial charge in [-0.1, -0.05) is 6.07 Å². The summed E-state index contributed by atoms with van der Waals surface area (Å²) in [5, 5.41) is 5.29. The highest BCUT2D eigenvalue weighted by atomic mass is 32.1. The number of rotatable bonds is 7. The fourth-order valence-electron chi connectivity index (χ4n) is 2.12. The lowest BCUT2D eigenvalue weighted by atomic mass is 10.3. The Labute approximate surface area is 144 Å². The summed E-state index contributed by atoms with van der Waals surface area (Å²) >= 11 is 1.73. The number of ether oxygens (including phenoxy) is 2. The molecule has 0 aliphatic heterocycles. The van der Waals surface area contributed by atoms with Gasteiger partial charge in [0.05, 0.1) is 7.11 Å². The number of hydrogen-bond acceptors (Lipinski definition) is 7. The van der Waals surface area contributed by atoms with E-state index < -0.39 is 0 Å². The van der Waals surface area contributed by atoms with Crippen LogP contribution in [-0.4, -0.2) is 23.6 Å². The van der Waals surface area contributed by atoms with Gasteiger partial charge in [-0.3, -0.25) is 0 Å². The van der Waals surface area contributed by atoms with E-state index in [0.29, 0.717) is 23.1 Å². The molecule has 0 atom stereocenters. The summed E-state index contributed by atoms with van der Waals surface area (Å²) in [5.41, 5.74) is 6.50. The molecule has 0 saturated carbocycles. The molecule has 0 radical (unpaired) electrons. The van der Waals surface area contributed by atoms with Crippen LogP contribution in [0.1, 0.15) is 4.88 Å². The molecule has 1 aromatic carbocycles. The van der Waals surface area contributed by atoms with Gasteiger partial charge in [0.2, 0.25) is 5.88 Å². The molecule has 2 aromatic heterocycles. The van der Waals surface area contributed by atoms with Crippen molar-refractivity contribution in [3.63, 3.8) is 0 Å². The molecule has 0 bridgehead atoms. The zero-order valence-electron chi connectivity index (χ0n) is 13.2. The molecule has 6 nitrogen and oxygen atoms in total. The van der Waals surface area contributed by atoms with Crippen LogP contribution in [0.25, 0.3) is 0 Å². The molecule has 0 aliphatic rings. The van der Waals surface area contributed by atoms with E-state index in [9.17, 15) is 0 Å². The Hall–Kier alpha value is -2.80. The zero-order chi connectivity index (χ0) is 16.8. The Morgan fingerprint density at radius 2 is 1.92 bits per heavy atom. The van der Waals surface area contributed by atoms with E-state index in [1.54, 1.807) is 30.6 Å². The second-order valence-corrected chi connectivity index (χ2v) is 6.01. The lowest BCUT2D eigenvalue weighted by Gasteiger charge is -2.11. The number of nitrogens with two attached hydrogens (primary N) is 1. The molecule has 0 saturated heterocycles. The molecule has 0 fully saturated rings. The second kappa shape index (κ2) is 7.65. The number of methoxy groups -OCH3 is 1. The van der Waals surface area contributed by atoms with E-state index in [1.807, 2.05) is 18.2 Å². The SMILES string of the molecule is COc1ccc(Oc2ncnc(NCCc3cccs3)c2N)cc1. The lowest BCUT2D eigenvalue weighted by molar-refractivity contribution is 0.412. The fraction of sp³-hybridized carbons (Fsp3) is 0.176. The number of hydrogen-bond donors (Lipinski definition) is 2. The third-order valence-electron chi connectivity index (χ3n) is 3.37. The summed E-state index contributed by atoms with van der Waals surface area (Å²) in [6, 6.07) is 11.4. The van der Waals surface area contributed by atoms with E-state index in [-0.39, 0.29) is 0 Å². The van der Waals surface area contributed by atoms with Gasteiger partial charge in [-0.25, -0.2) is 4.98 Å². The Morgan fingerprint density at radius 3 is 2.62 bits per heavy atom. The van der Waals surface area contributed by atoms with Crippen LogP contribution in [0, 0.1) is 0 Å². The van der Waals surface area contributed by atoms with Gasteiger partial charge in [0, 0.05) is 11.4 Å². The van der Waals surface area contributed by atoms with E-state index in [2.05, 4.69) is 26.7 Å². The van der Waals surface area contributed by atoms with Gasteiger partial charge in [0.15, 0.2) is 5.82 Å². The van der Waals surface area contributed by atoms with Crippen LogP contribution in [0.3, 0.4) is 0 Å². The van der Waals surface area contributed by atoms with Gasteiger partial charge in [0.25, 0.3) is 0 Å². The largest absolute Gasteiger partial charge is 0.497 e. The van der Waals surface area contributed by atoms with Crippen molar-refractivity contribution in [1.29, 1.82) is 0 Å². The topological polar surface area (TPSA) is 82.3 Å². The molecule has 0 amide bonds. The maximum Gasteiger partial charge on any atom is 0.248 e. The molecule has 0 unspecified atom stereocenters. The molecule has 3 rings (SSSR count). The van der Waals surface area contributed by atoms with Crippen molar-refractivity contribution < 1.29 is 9.47 Å². The van der Waals surface area contributed by atoms with Crippen LogP contribution in [0.5, 0.6) is 17.4 Å². The molecule has 124 valence electrons. The Balaban J connectivity index is 1.65. The summed E-state index contributed by atoms with van der Waals surface area (Å²) in [4.78, 5) is 9.60. The second-order valence-electron chi connectivity index (χ2n) is 4.97. The number of benzene rings is 1. The van der Waals surface area contributed by atoms with Gasteiger partial charge >= 0.3 is 0 Å².